The molecule has 0 unspecified atom stereocenters. The zero-order chi connectivity index (χ0) is 21.0. The summed E-state index contributed by atoms with van der Waals surface area (Å²) < 4.78 is 53.9. The molecule has 8 heteroatoms. The Balaban J connectivity index is 2.11. The quantitative estimate of drug-likeness (QED) is 0.771. The summed E-state index contributed by atoms with van der Waals surface area (Å²) in [5.41, 5.74) is 1.49. The predicted octanol–water partition coefficient (Wildman–Crippen LogP) is 3.44. The first-order valence-corrected chi connectivity index (χ1v) is 11.4. The second-order valence-electron chi connectivity index (χ2n) is 7.02. The molecule has 1 saturated heterocycles. The van der Waals surface area contributed by atoms with Crippen LogP contribution in [0.15, 0.2) is 46.2 Å². The summed E-state index contributed by atoms with van der Waals surface area (Å²) in [6.07, 6.45) is 1.00. The zero-order valence-electron chi connectivity index (χ0n) is 16.8. The molecule has 1 aliphatic rings. The van der Waals surface area contributed by atoms with Crippen molar-refractivity contribution in [3.05, 3.63) is 48.0 Å². The smallest absolute Gasteiger partial charge is 0.208 e. The molecule has 0 aromatic heterocycles. The average molecular weight is 424 g/mol. The molecule has 29 heavy (non-hydrogen) atoms. The Morgan fingerprint density at radius 2 is 1.69 bits per heavy atom. The first-order valence-electron chi connectivity index (χ1n) is 9.92. The van der Waals surface area contributed by atoms with Gasteiger partial charge in [0.15, 0.2) is 0 Å². The Labute approximate surface area is 171 Å². The molecule has 0 bridgehead atoms. The van der Waals surface area contributed by atoms with E-state index in [1.165, 1.54) is 0 Å². The minimum atomic E-state index is -4.09. The number of hydrogen-bond donors (Lipinski definition) is 1. The summed E-state index contributed by atoms with van der Waals surface area (Å²) in [6.45, 7) is 8.66. The SMILES string of the molecule is CCN(CC)c1cc(N2CCCNCC2)ccc1S(=O)(=O)c1cc(F)cc(F)c1. The van der Waals surface area contributed by atoms with Crippen LogP contribution in [-0.4, -0.2) is 47.7 Å². The molecule has 158 valence electrons. The third-order valence-corrected chi connectivity index (χ3v) is 6.97. The van der Waals surface area contributed by atoms with Crippen LogP contribution in [0, 0.1) is 11.6 Å². The number of halogens is 2. The lowest BCUT2D eigenvalue weighted by molar-refractivity contribution is 0.567. The van der Waals surface area contributed by atoms with Crippen molar-refractivity contribution >= 4 is 21.2 Å². The number of sulfone groups is 1. The average Bonchev–Trinajstić information content (AvgIpc) is 2.97. The van der Waals surface area contributed by atoms with Gasteiger partial charge < -0.3 is 15.1 Å². The molecular weight excluding hydrogens is 396 g/mol. The highest BCUT2D eigenvalue weighted by atomic mass is 32.2. The van der Waals surface area contributed by atoms with Gasteiger partial charge in [0.1, 0.15) is 11.6 Å². The highest BCUT2D eigenvalue weighted by molar-refractivity contribution is 7.91. The van der Waals surface area contributed by atoms with Crippen molar-refractivity contribution in [1.82, 2.24) is 5.32 Å². The van der Waals surface area contributed by atoms with E-state index >= 15 is 0 Å². The topological polar surface area (TPSA) is 52.6 Å². The van der Waals surface area contributed by atoms with Gasteiger partial charge >= 0.3 is 0 Å². The number of nitrogens with zero attached hydrogens (tertiary/aromatic N) is 2. The van der Waals surface area contributed by atoms with Crippen molar-refractivity contribution in [2.45, 2.75) is 30.1 Å². The van der Waals surface area contributed by atoms with Gasteiger partial charge in [0.05, 0.1) is 15.5 Å². The first-order chi connectivity index (χ1) is 13.9. The molecule has 0 spiro atoms. The Kier molecular flexibility index (Phi) is 6.74. The number of anilines is 2. The number of benzene rings is 2. The van der Waals surface area contributed by atoms with E-state index in [-0.39, 0.29) is 9.79 Å². The summed E-state index contributed by atoms with van der Waals surface area (Å²) >= 11 is 0. The Bertz CT molecular complexity index is 934. The van der Waals surface area contributed by atoms with Gasteiger partial charge in [-0.25, -0.2) is 17.2 Å². The minimum absolute atomic E-state index is 0.0582. The first kappa shape index (κ1) is 21.5. The van der Waals surface area contributed by atoms with E-state index in [0.717, 1.165) is 50.4 Å². The minimum Gasteiger partial charge on any atom is -0.371 e. The number of nitrogens with one attached hydrogen (secondary N) is 1. The van der Waals surface area contributed by atoms with E-state index < -0.39 is 21.5 Å². The number of rotatable bonds is 6. The monoisotopic (exact) mass is 423 g/mol. The van der Waals surface area contributed by atoms with Crippen LogP contribution in [0.4, 0.5) is 20.2 Å². The van der Waals surface area contributed by atoms with Crippen molar-refractivity contribution in [2.24, 2.45) is 0 Å². The normalized spacial score (nSPS) is 15.2. The van der Waals surface area contributed by atoms with Crippen LogP contribution in [-0.2, 0) is 9.84 Å². The summed E-state index contributed by atoms with van der Waals surface area (Å²) in [4.78, 5) is 3.85. The molecule has 0 radical (unpaired) electrons. The lowest BCUT2D eigenvalue weighted by Crippen LogP contribution is -2.29. The largest absolute Gasteiger partial charge is 0.371 e. The van der Waals surface area contributed by atoms with E-state index in [9.17, 15) is 17.2 Å². The van der Waals surface area contributed by atoms with E-state index in [2.05, 4.69) is 10.2 Å². The molecular formula is C21H27F2N3O2S. The van der Waals surface area contributed by atoms with Crippen LogP contribution >= 0.6 is 0 Å². The second kappa shape index (κ2) is 9.09. The maximum atomic E-state index is 13.7. The van der Waals surface area contributed by atoms with Crippen molar-refractivity contribution in [2.75, 3.05) is 49.1 Å². The fourth-order valence-corrected chi connectivity index (χ4v) is 5.16. The summed E-state index contributed by atoms with van der Waals surface area (Å²) in [5, 5.41) is 3.36. The fourth-order valence-electron chi connectivity index (χ4n) is 3.66. The van der Waals surface area contributed by atoms with E-state index in [0.29, 0.717) is 24.8 Å². The molecule has 1 aliphatic heterocycles. The van der Waals surface area contributed by atoms with E-state index in [1.807, 2.05) is 24.8 Å². The lowest BCUT2D eigenvalue weighted by Gasteiger charge is -2.28. The molecule has 1 N–H and O–H groups in total. The summed E-state index contributed by atoms with van der Waals surface area (Å²) in [7, 11) is -4.09. The van der Waals surface area contributed by atoms with Crippen molar-refractivity contribution in [1.29, 1.82) is 0 Å². The maximum Gasteiger partial charge on any atom is 0.208 e. The third kappa shape index (κ3) is 4.70. The van der Waals surface area contributed by atoms with Crippen LogP contribution in [0.5, 0.6) is 0 Å². The highest BCUT2D eigenvalue weighted by Gasteiger charge is 2.26. The summed E-state index contributed by atoms with van der Waals surface area (Å²) in [6, 6.07) is 7.60. The highest BCUT2D eigenvalue weighted by Crippen LogP contribution is 2.34. The molecule has 0 saturated carbocycles. The molecule has 0 atom stereocenters. The van der Waals surface area contributed by atoms with Gasteiger partial charge in [-0.3, -0.25) is 0 Å². The van der Waals surface area contributed by atoms with Gasteiger partial charge in [0, 0.05) is 44.5 Å². The van der Waals surface area contributed by atoms with E-state index in [4.69, 9.17) is 0 Å². The lowest BCUT2D eigenvalue weighted by atomic mass is 10.2. The van der Waals surface area contributed by atoms with Gasteiger partial charge in [-0.2, -0.15) is 0 Å². The van der Waals surface area contributed by atoms with Gasteiger partial charge in [-0.1, -0.05) is 0 Å². The molecule has 1 heterocycles. The van der Waals surface area contributed by atoms with E-state index in [1.54, 1.807) is 12.1 Å². The second-order valence-corrected chi connectivity index (χ2v) is 8.94. The predicted molar refractivity (Wildman–Crippen MR) is 112 cm³/mol. The molecule has 2 aromatic carbocycles. The number of hydrogen-bond acceptors (Lipinski definition) is 5. The van der Waals surface area contributed by atoms with Crippen LogP contribution in [0.25, 0.3) is 0 Å². The maximum absolute atomic E-state index is 13.7. The summed E-state index contributed by atoms with van der Waals surface area (Å²) in [5.74, 6) is -1.83. The zero-order valence-corrected chi connectivity index (χ0v) is 17.6. The van der Waals surface area contributed by atoms with Gasteiger partial charge in [-0.15, -0.1) is 0 Å². The molecule has 3 rings (SSSR count). The molecule has 5 nitrogen and oxygen atoms in total. The van der Waals surface area contributed by atoms with Crippen LogP contribution in [0.1, 0.15) is 20.3 Å². The Hall–Kier alpha value is -2.19. The van der Waals surface area contributed by atoms with Gasteiger partial charge in [0.2, 0.25) is 9.84 Å². The van der Waals surface area contributed by atoms with Crippen molar-refractivity contribution in [3.63, 3.8) is 0 Å². The van der Waals surface area contributed by atoms with Crippen molar-refractivity contribution < 1.29 is 17.2 Å². The third-order valence-electron chi connectivity index (χ3n) is 5.19. The van der Waals surface area contributed by atoms with Gasteiger partial charge in [0.25, 0.3) is 0 Å². The van der Waals surface area contributed by atoms with Gasteiger partial charge in [-0.05, 0) is 57.1 Å². The Morgan fingerprint density at radius 1 is 1.00 bits per heavy atom. The molecule has 0 aliphatic carbocycles. The van der Waals surface area contributed by atoms with Crippen LogP contribution < -0.4 is 15.1 Å². The standard InChI is InChI=1S/C21H27F2N3O2S/c1-3-25(4-2)20-15-18(26-10-5-8-24-9-11-26)6-7-21(20)29(27,28)19-13-16(22)12-17(23)14-19/h6-7,12-15,24H,3-5,8-11H2,1-2H3. The van der Waals surface area contributed by atoms with Crippen LogP contribution in [0.3, 0.4) is 0 Å². The Morgan fingerprint density at radius 3 is 2.34 bits per heavy atom. The fraction of sp³-hybridized carbons (Fsp3) is 0.429. The molecule has 1 fully saturated rings. The molecule has 0 amide bonds. The van der Waals surface area contributed by atoms with Crippen molar-refractivity contribution in [3.8, 4) is 0 Å². The molecule has 2 aromatic rings. The van der Waals surface area contributed by atoms with Crippen LogP contribution in [0.2, 0.25) is 0 Å².